The summed E-state index contributed by atoms with van der Waals surface area (Å²) in [5.41, 5.74) is 0.863. The highest BCUT2D eigenvalue weighted by Gasteiger charge is 2.07. The lowest BCUT2D eigenvalue weighted by molar-refractivity contribution is 0.244. The smallest absolute Gasteiger partial charge is 0.224 e. The number of para-hydroxylation sites is 2. The van der Waals surface area contributed by atoms with Gasteiger partial charge in [0.1, 0.15) is 17.3 Å². The molecule has 0 aliphatic carbocycles. The van der Waals surface area contributed by atoms with Crippen LogP contribution in [0.5, 0.6) is 5.75 Å². The van der Waals surface area contributed by atoms with Gasteiger partial charge in [0.15, 0.2) is 0 Å². The van der Waals surface area contributed by atoms with Crippen molar-refractivity contribution in [3.8, 4) is 5.75 Å². The summed E-state index contributed by atoms with van der Waals surface area (Å²) in [5, 5.41) is 6.40. The molecule has 3 rings (SSSR count). The summed E-state index contributed by atoms with van der Waals surface area (Å²) in [4.78, 5) is 8.67. The zero-order valence-corrected chi connectivity index (χ0v) is 13.7. The molecule has 24 heavy (non-hydrogen) atoms. The zero-order valence-electron chi connectivity index (χ0n) is 13.7. The number of nitrogens with zero attached hydrogens (tertiary/aromatic N) is 2. The van der Waals surface area contributed by atoms with Crippen molar-refractivity contribution in [2.75, 3.05) is 10.6 Å². The van der Waals surface area contributed by atoms with Gasteiger partial charge in [-0.25, -0.2) is 4.98 Å². The van der Waals surface area contributed by atoms with Gasteiger partial charge in [0.05, 0.1) is 24.6 Å². The Bertz CT molecular complexity index is 772. The van der Waals surface area contributed by atoms with Crippen LogP contribution in [-0.2, 0) is 6.54 Å². The molecular formula is C18H20N4O2. The van der Waals surface area contributed by atoms with Crippen LogP contribution < -0.4 is 15.4 Å². The monoisotopic (exact) mass is 324 g/mol. The van der Waals surface area contributed by atoms with Crippen molar-refractivity contribution in [1.29, 1.82) is 0 Å². The Morgan fingerprint density at radius 2 is 2.00 bits per heavy atom. The van der Waals surface area contributed by atoms with Crippen molar-refractivity contribution in [1.82, 2.24) is 9.97 Å². The molecule has 0 fully saturated rings. The van der Waals surface area contributed by atoms with Gasteiger partial charge in [-0.2, -0.15) is 4.98 Å². The molecule has 0 unspecified atom stereocenters. The highest BCUT2D eigenvalue weighted by Crippen LogP contribution is 2.27. The molecule has 2 N–H and O–H groups in total. The number of ether oxygens (including phenoxy) is 1. The molecule has 0 saturated carbocycles. The molecule has 0 amide bonds. The van der Waals surface area contributed by atoms with Crippen LogP contribution in [0.15, 0.2) is 59.3 Å². The molecule has 2 heterocycles. The number of nitrogens with one attached hydrogen (secondary N) is 2. The molecular weight excluding hydrogens is 304 g/mol. The van der Waals surface area contributed by atoms with Crippen LogP contribution >= 0.6 is 0 Å². The van der Waals surface area contributed by atoms with Crippen LogP contribution in [0.3, 0.4) is 0 Å². The minimum atomic E-state index is 0.101. The first-order valence-electron chi connectivity index (χ1n) is 7.83. The van der Waals surface area contributed by atoms with E-state index >= 15 is 0 Å². The molecule has 124 valence electrons. The number of hydrogen-bond donors (Lipinski definition) is 2. The van der Waals surface area contributed by atoms with E-state index < -0.39 is 0 Å². The van der Waals surface area contributed by atoms with Gasteiger partial charge in [-0.3, -0.25) is 0 Å². The second-order valence-electron chi connectivity index (χ2n) is 5.49. The molecule has 0 saturated heterocycles. The Morgan fingerprint density at radius 3 is 2.79 bits per heavy atom. The fourth-order valence-corrected chi connectivity index (χ4v) is 2.16. The topological polar surface area (TPSA) is 72.2 Å². The average Bonchev–Trinajstić information content (AvgIpc) is 3.08. The summed E-state index contributed by atoms with van der Waals surface area (Å²) in [6, 6.07) is 13.3. The number of rotatable bonds is 7. The number of aromatic nitrogens is 2. The zero-order chi connectivity index (χ0) is 16.8. The van der Waals surface area contributed by atoms with E-state index in [0.29, 0.717) is 18.3 Å². The maximum atomic E-state index is 5.81. The summed E-state index contributed by atoms with van der Waals surface area (Å²) in [6.07, 6.45) is 3.44. The Morgan fingerprint density at radius 1 is 1.12 bits per heavy atom. The molecule has 1 aromatic carbocycles. The van der Waals surface area contributed by atoms with E-state index in [1.807, 2.05) is 56.3 Å². The van der Waals surface area contributed by atoms with Gasteiger partial charge in [0, 0.05) is 6.20 Å². The summed E-state index contributed by atoms with van der Waals surface area (Å²) in [6.45, 7) is 4.53. The van der Waals surface area contributed by atoms with Crippen molar-refractivity contribution in [3.63, 3.8) is 0 Å². The minimum absolute atomic E-state index is 0.101. The van der Waals surface area contributed by atoms with E-state index in [4.69, 9.17) is 9.15 Å². The number of anilines is 3. The van der Waals surface area contributed by atoms with Crippen LogP contribution in [0.1, 0.15) is 19.6 Å². The standard InChI is InChI=1S/C18H20N4O2/c1-13(2)24-16-8-4-3-7-15(16)21-17-9-10-19-18(22-17)20-12-14-6-5-11-23-14/h3-11,13H,12H2,1-2H3,(H2,19,20,21,22). The molecule has 3 aromatic rings. The first kappa shape index (κ1) is 15.9. The van der Waals surface area contributed by atoms with E-state index in [1.54, 1.807) is 12.5 Å². The summed E-state index contributed by atoms with van der Waals surface area (Å²) < 4.78 is 11.1. The SMILES string of the molecule is CC(C)Oc1ccccc1Nc1ccnc(NCc2ccco2)n1. The molecule has 0 bridgehead atoms. The fraction of sp³-hybridized carbons (Fsp3) is 0.222. The van der Waals surface area contributed by atoms with Gasteiger partial charge in [0.2, 0.25) is 5.95 Å². The average molecular weight is 324 g/mol. The van der Waals surface area contributed by atoms with Gasteiger partial charge in [-0.05, 0) is 44.2 Å². The first-order valence-corrected chi connectivity index (χ1v) is 7.83. The van der Waals surface area contributed by atoms with Crippen LogP contribution in [0.4, 0.5) is 17.5 Å². The van der Waals surface area contributed by atoms with Gasteiger partial charge >= 0.3 is 0 Å². The van der Waals surface area contributed by atoms with Crippen molar-refractivity contribution < 1.29 is 9.15 Å². The molecule has 2 aromatic heterocycles. The highest BCUT2D eigenvalue weighted by molar-refractivity contribution is 5.64. The predicted molar refractivity (Wildman–Crippen MR) is 93.6 cm³/mol. The normalized spacial score (nSPS) is 10.6. The van der Waals surface area contributed by atoms with Crippen molar-refractivity contribution in [2.45, 2.75) is 26.5 Å². The molecule has 0 aliphatic heterocycles. The van der Waals surface area contributed by atoms with Crippen molar-refractivity contribution in [2.24, 2.45) is 0 Å². The van der Waals surface area contributed by atoms with E-state index in [0.717, 1.165) is 17.2 Å². The van der Waals surface area contributed by atoms with Crippen molar-refractivity contribution in [3.05, 3.63) is 60.7 Å². The Hall–Kier alpha value is -3.02. The summed E-state index contributed by atoms with van der Waals surface area (Å²) in [5.74, 6) is 2.83. The largest absolute Gasteiger partial charge is 0.489 e. The molecule has 6 nitrogen and oxygen atoms in total. The third kappa shape index (κ3) is 4.25. The Labute approximate surface area is 140 Å². The van der Waals surface area contributed by atoms with Gasteiger partial charge in [-0.15, -0.1) is 0 Å². The van der Waals surface area contributed by atoms with E-state index in [9.17, 15) is 0 Å². The highest BCUT2D eigenvalue weighted by atomic mass is 16.5. The maximum absolute atomic E-state index is 5.81. The molecule has 0 aliphatic rings. The molecule has 6 heteroatoms. The second kappa shape index (κ2) is 7.50. The maximum Gasteiger partial charge on any atom is 0.224 e. The van der Waals surface area contributed by atoms with Gasteiger partial charge in [0.25, 0.3) is 0 Å². The van der Waals surface area contributed by atoms with Crippen LogP contribution in [0.2, 0.25) is 0 Å². The third-order valence-corrected chi connectivity index (χ3v) is 3.17. The fourth-order valence-electron chi connectivity index (χ4n) is 2.16. The lowest BCUT2D eigenvalue weighted by atomic mass is 10.3. The Balaban J connectivity index is 1.70. The molecule has 0 atom stereocenters. The van der Waals surface area contributed by atoms with Crippen LogP contribution in [-0.4, -0.2) is 16.1 Å². The van der Waals surface area contributed by atoms with Gasteiger partial charge in [-0.1, -0.05) is 12.1 Å². The van der Waals surface area contributed by atoms with Crippen LogP contribution in [0, 0.1) is 0 Å². The summed E-state index contributed by atoms with van der Waals surface area (Å²) in [7, 11) is 0. The molecule has 0 spiro atoms. The lowest BCUT2D eigenvalue weighted by Crippen LogP contribution is -2.08. The van der Waals surface area contributed by atoms with Crippen molar-refractivity contribution >= 4 is 17.5 Å². The van der Waals surface area contributed by atoms with E-state index in [1.165, 1.54) is 0 Å². The predicted octanol–water partition coefficient (Wildman–Crippen LogP) is 4.21. The van der Waals surface area contributed by atoms with Crippen LogP contribution in [0.25, 0.3) is 0 Å². The number of hydrogen-bond acceptors (Lipinski definition) is 6. The van der Waals surface area contributed by atoms with E-state index in [2.05, 4.69) is 20.6 Å². The lowest BCUT2D eigenvalue weighted by Gasteiger charge is -2.15. The summed E-state index contributed by atoms with van der Waals surface area (Å²) >= 11 is 0. The number of furan rings is 1. The number of benzene rings is 1. The van der Waals surface area contributed by atoms with Gasteiger partial charge < -0.3 is 19.8 Å². The third-order valence-electron chi connectivity index (χ3n) is 3.17. The minimum Gasteiger partial charge on any atom is -0.489 e. The Kier molecular flexibility index (Phi) is 4.96. The molecule has 0 radical (unpaired) electrons. The quantitative estimate of drug-likeness (QED) is 0.678. The second-order valence-corrected chi connectivity index (χ2v) is 5.49. The first-order chi connectivity index (χ1) is 11.7. The van der Waals surface area contributed by atoms with E-state index in [-0.39, 0.29) is 6.10 Å².